The Labute approximate surface area is 146 Å². The zero-order chi connectivity index (χ0) is 17.5. The lowest BCUT2D eigenvalue weighted by molar-refractivity contribution is 0.0601. The number of carbonyl (C=O) groups excluding carboxylic acids is 1. The van der Waals surface area contributed by atoms with Crippen molar-refractivity contribution in [3.8, 4) is 0 Å². The largest absolute Gasteiger partial charge is 0.465 e. The van der Waals surface area contributed by atoms with Crippen molar-refractivity contribution in [3.63, 3.8) is 0 Å². The minimum Gasteiger partial charge on any atom is -0.465 e. The molecule has 1 aromatic heterocycles. The third-order valence-electron chi connectivity index (χ3n) is 3.32. The van der Waals surface area contributed by atoms with Crippen LogP contribution in [0.5, 0.6) is 0 Å². The first-order chi connectivity index (χ1) is 11.5. The molecule has 6 nitrogen and oxygen atoms in total. The van der Waals surface area contributed by atoms with E-state index in [0.717, 1.165) is 18.8 Å². The van der Waals surface area contributed by atoms with Crippen molar-refractivity contribution >= 4 is 35.0 Å². The van der Waals surface area contributed by atoms with Gasteiger partial charge in [0.1, 0.15) is 5.82 Å². The number of anilines is 3. The lowest BCUT2D eigenvalue weighted by Crippen LogP contribution is -2.08. The van der Waals surface area contributed by atoms with E-state index in [1.54, 1.807) is 30.5 Å². The highest BCUT2D eigenvalue weighted by molar-refractivity contribution is 6.33. The van der Waals surface area contributed by atoms with E-state index in [1.807, 2.05) is 0 Å². The summed E-state index contributed by atoms with van der Waals surface area (Å²) in [6, 6.07) is 6.64. The summed E-state index contributed by atoms with van der Waals surface area (Å²) in [5.41, 5.74) is 0.939. The predicted molar refractivity (Wildman–Crippen MR) is 96.1 cm³/mol. The first-order valence-electron chi connectivity index (χ1n) is 7.71. The van der Waals surface area contributed by atoms with Gasteiger partial charge < -0.3 is 15.4 Å². The Morgan fingerprint density at radius 1 is 1.33 bits per heavy atom. The highest BCUT2D eigenvalue weighted by Gasteiger charge is 2.10. The van der Waals surface area contributed by atoms with Gasteiger partial charge in [0.05, 0.1) is 23.4 Å². The summed E-state index contributed by atoms with van der Waals surface area (Å²) < 4.78 is 4.71. The molecule has 0 saturated heterocycles. The SMILES string of the molecule is COC(=O)c1ccc(Cl)c(Nc2nccc(NCCC(C)C)n2)c1. The van der Waals surface area contributed by atoms with Gasteiger partial charge in [-0.25, -0.2) is 9.78 Å². The topological polar surface area (TPSA) is 76.1 Å². The fourth-order valence-electron chi connectivity index (χ4n) is 1.99. The van der Waals surface area contributed by atoms with Gasteiger partial charge >= 0.3 is 5.97 Å². The summed E-state index contributed by atoms with van der Waals surface area (Å²) in [6.07, 6.45) is 2.71. The van der Waals surface area contributed by atoms with Gasteiger partial charge in [-0.2, -0.15) is 4.98 Å². The number of rotatable bonds is 7. The lowest BCUT2D eigenvalue weighted by atomic mass is 10.1. The summed E-state index contributed by atoms with van der Waals surface area (Å²) in [5.74, 6) is 1.32. The van der Waals surface area contributed by atoms with Crippen LogP contribution in [0.1, 0.15) is 30.6 Å². The molecule has 128 valence electrons. The highest BCUT2D eigenvalue weighted by Crippen LogP contribution is 2.26. The van der Waals surface area contributed by atoms with E-state index >= 15 is 0 Å². The average Bonchev–Trinajstić information content (AvgIpc) is 2.56. The van der Waals surface area contributed by atoms with Crippen LogP contribution in [0.3, 0.4) is 0 Å². The van der Waals surface area contributed by atoms with Crippen molar-refractivity contribution in [2.24, 2.45) is 5.92 Å². The van der Waals surface area contributed by atoms with Gasteiger partial charge in [-0.3, -0.25) is 0 Å². The number of carbonyl (C=O) groups is 1. The molecule has 2 rings (SSSR count). The molecule has 0 unspecified atom stereocenters. The molecule has 0 aliphatic carbocycles. The van der Waals surface area contributed by atoms with Crippen LogP contribution in [-0.4, -0.2) is 29.6 Å². The van der Waals surface area contributed by atoms with Crippen molar-refractivity contribution < 1.29 is 9.53 Å². The van der Waals surface area contributed by atoms with Gasteiger partial charge in [-0.05, 0) is 36.6 Å². The predicted octanol–water partition coefficient (Wildman–Crippen LogP) is 4.12. The number of hydrogen-bond acceptors (Lipinski definition) is 6. The van der Waals surface area contributed by atoms with Gasteiger partial charge in [-0.1, -0.05) is 25.4 Å². The van der Waals surface area contributed by atoms with Crippen LogP contribution in [-0.2, 0) is 4.74 Å². The molecule has 0 amide bonds. The van der Waals surface area contributed by atoms with Crippen LogP contribution in [0.4, 0.5) is 17.5 Å². The Balaban J connectivity index is 2.12. The number of nitrogens with one attached hydrogen (secondary N) is 2. The minimum atomic E-state index is -0.431. The van der Waals surface area contributed by atoms with Gasteiger partial charge in [0, 0.05) is 12.7 Å². The molecular weight excluding hydrogens is 328 g/mol. The zero-order valence-corrected chi connectivity index (χ0v) is 14.7. The summed E-state index contributed by atoms with van der Waals surface area (Å²) in [4.78, 5) is 20.2. The molecule has 0 fully saturated rings. The summed E-state index contributed by atoms with van der Waals surface area (Å²) in [6.45, 7) is 5.18. The Hall–Kier alpha value is -2.34. The molecule has 2 N–H and O–H groups in total. The van der Waals surface area contributed by atoms with E-state index < -0.39 is 5.97 Å². The molecular formula is C17H21ClN4O2. The molecule has 2 aromatic rings. The maximum absolute atomic E-state index is 11.6. The van der Waals surface area contributed by atoms with Gasteiger partial charge in [-0.15, -0.1) is 0 Å². The second-order valence-corrected chi connectivity index (χ2v) is 6.09. The van der Waals surface area contributed by atoms with E-state index in [4.69, 9.17) is 16.3 Å². The monoisotopic (exact) mass is 348 g/mol. The number of hydrogen-bond donors (Lipinski definition) is 2. The van der Waals surface area contributed by atoms with Crippen molar-refractivity contribution in [1.29, 1.82) is 0 Å². The van der Waals surface area contributed by atoms with Gasteiger partial charge in [0.25, 0.3) is 0 Å². The Bertz CT molecular complexity index is 707. The molecule has 24 heavy (non-hydrogen) atoms. The number of methoxy groups -OCH3 is 1. The summed E-state index contributed by atoms with van der Waals surface area (Å²) in [5, 5.41) is 6.75. The van der Waals surface area contributed by atoms with E-state index in [-0.39, 0.29) is 0 Å². The third kappa shape index (κ3) is 5.09. The van der Waals surface area contributed by atoms with Crippen LogP contribution in [0.2, 0.25) is 5.02 Å². The van der Waals surface area contributed by atoms with Crippen molar-refractivity contribution in [2.75, 3.05) is 24.3 Å². The quantitative estimate of drug-likeness (QED) is 0.733. The number of esters is 1. The fraction of sp³-hybridized carbons (Fsp3) is 0.353. The first kappa shape index (κ1) is 18.0. The van der Waals surface area contributed by atoms with Crippen molar-refractivity contribution in [3.05, 3.63) is 41.0 Å². The highest BCUT2D eigenvalue weighted by atomic mass is 35.5. The molecule has 1 aromatic carbocycles. The first-order valence-corrected chi connectivity index (χ1v) is 8.09. The maximum atomic E-state index is 11.6. The van der Waals surface area contributed by atoms with Crippen LogP contribution in [0, 0.1) is 5.92 Å². The van der Waals surface area contributed by atoms with E-state index in [0.29, 0.717) is 28.1 Å². The summed E-state index contributed by atoms with van der Waals surface area (Å²) in [7, 11) is 1.33. The number of aromatic nitrogens is 2. The fourth-order valence-corrected chi connectivity index (χ4v) is 2.16. The van der Waals surface area contributed by atoms with Crippen LogP contribution >= 0.6 is 11.6 Å². The molecule has 0 aliphatic heterocycles. The average molecular weight is 349 g/mol. The van der Waals surface area contributed by atoms with E-state index in [1.165, 1.54) is 7.11 Å². The Morgan fingerprint density at radius 3 is 2.83 bits per heavy atom. The van der Waals surface area contributed by atoms with E-state index in [9.17, 15) is 4.79 Å². The number of nitrogens with zero attached hydrogens (tertiary/aromatic N) is 2. The van der Waals surface area contributed by atoms with Gasteiger partial charge in [0.15, 0.2) is 0 Å². The molecule has 0 radical (unpaired) electrons. The molecule has 0 spiro atoms. The van der Waals surface area contributed by atoms with E-state index in [2.05, 4.69) is 34.4 Å². The normalized spacial score (nSPS) is 10.5. The zero-order valence-electron chi connectivity index (χ0n) is 14.0. The smallest absolute Gasteiger partial charge is 0.337 e. The number of benzene rings is 1. The Kier molecular flexibility index (Phi) is 6.37. The molecule has 7 heteroatoms. The second kappa shape index (κ2) is 8.49. The second-order valence-electron chi connectivity index (χ2n) is 5.69. The molecule has 0 atom stereocenters. The van der Waals surface area contributed by atoms with Crippen molar-refractivity contribution in [1.82, 2.24) is 9.97 Å². The molecule has 0 bridgehead atoms. The molecule has 1 heterocycles. The van der Waals surface area contributed by atoms with Crippen LogP contribution in [0.25, 0.3) is 0 Å². The minimum absolute atomic E-state index is 0.397. The standard InChI is InChI=1S/C17H21ClN4O2/c1-11(2)6-8-19-15-7-9-20-17(22-15)21-14-10-12(16(23)24-3)4-5-13(14)18/h4-5,7,9-11H,6,8H2,1-3H3,(H2,19,20,21,22). The Morgan fingerprint density at radius 2 is 2.12 bits per heavy atom. The number of ether oxygens (including phenoxy) is 1. The molecule has 0 aliphatic rings. The van der Waals surface area contributed by atoms with Crippen molar-refractivity contribution in [2.45, 2.75) is 20.3 Å². The van der Waals surface area contributed by atoms with Crippen LogP contribution < -0.4 is 10.6 Å². The maximum Gasteiger partial charge on any atom is 0.337 e. The third-order valence-corrected chi connectivity index (χ3v) is 3.65. The number of halogens is 1. The van der Waals surface area contributed by atoms with Gasteiger partial charge in [0.2, 0.25) is 5.95 Å². The summed E-state index contributed by atoms with van der Waals surface area (Å²) >= 11 is 6.17. The lowest BCUT2D eigenvalue weighted by Gasteiger charge is -2.11. The molecule has 0 saturated carbocycles. The van der Waals surface area contributed by atoms with Crippen LogP contribution in [0.15, 0.2) is 30.5 Å².